The van der Waals surface area contributed by atoms with E-state index in [4.69, 9.17) is 0 Å². The number of hydrogen-bond donors (Lipinski definition) is 2. The molecule has 1 aliphatic carbocycles. The van der Waals surface area contributed by atoms with E-state index in [0.29, 0.717) is 0 Å². The number of aliphatic hydroxyl groups is 2. The molecule has 0 aliphatic heterocycles. The predicted octanol–water partition coefficient (Wildman–Crippen LogP) is 1.84. The summed E-state index contributed by atoms with van der Waals surface area (Å²) in [6.45, 7) is 0. The van der Waals surface area contributed by atoms with Crippen LogP contribution in [-0.2, 0) is 0 Å². The summed E-state index contributed by atoms with van der Waals surface area (Å²) in [5.74, 6) is 0. The van der Waals surface area contributed by atoms with Gasteiger partial charge in [-0.05, 0) is 25.7 Å². The molecule has 2 atom stereocenters. The molecule has 0 radical (unpaired) electrons. The van der Waals surface area contributed by atoms with E-state index in [1.807, 2.05) is 0 Å². The van der Waals surface area contributed by atoms with Crippen molar-refractivity contribution in [1.29, 1.82) is 0 Å². The van der Waals surface area contributed by atoms with E-state index in [-0.39, 0.29) is 12.2 Å². The normalized spacial score (nSPS) is 34.5. The standard InChI is InChI=1S/C10H20O2/c11-9-5-3-1-2-4-6-10(12)8-7-9/h9-12H,1-8H2. The lowest BCUT2D eigenvalue weighted by Gasteiger charge is -2.16. The Morgan fingerprint density at radius 3 is 1.42 bits per heavy atom. The van der Waals surface area contributed by atoms with E-state index in [9.17, 15) is 10.2 Å². The molecule has 0 spiro atoms. The van der Waals surface area contributed by atoms with Gasteiger partial charge < -0.3 is 10.2 Å². The molecule has 72 valence electrons. The van der Waals surface area contributed by atoms with Gasteiger partial charge in [0.05, 0.1) is 12.2 Å². The van der Waals surface area contributed by atoms with Gasteiger partial charge in [0.1, 0.15) is 0 Å². The first-order valence-electron chi connectivity index (χ1n) is 5.15. The molecule has 0 aromatic carbocycles. The van der Waals surface area contributed by atoms with Gasteiger partial charge in [0.25, 0.3) is 0 Å². The zero-order chi connectivity index (χ0) is 8.81. The summed E-state index contributed by atoms with van der Waals surface area (Å²) in [7, 11) is 0. The van der Waals surface area contributed by atoms with Crippen LogP contribution in [0.5, 0.6) is 0 Å². The SMILES string of the molecule is OC1CCCCCCC(O)CC1. The zero-order valence-electron chi connectivity index (χ0n) is 7.71. The Bertz CT molecular complexity index is 100. The molecule has 0 amide bonds. The maximum Gasteiger partial charge on any atom is 0.0541 e. The first kappa shape index (κ1) is 10.0. The van der Waals surface area contributed by atoms with Gasteiger partial charge in [0.15, 0.2) is 0 Å². The highest BCUT2D eigenvalue weighted by Crippen LogP contribution is 2.16. The lowest BCUT2D eigenvalue weighted by Crippen LogP contribution is -2.14. The van der Waals surface area contributed by atoms with Crippen molar-refractivity contribution < 1.29 is 10.2 Å². The van der Waals surface area contributed by atoms with Crippen molar-refractivity contribution in [2.24, 2.45) is 0 Å². The number of aliphatic hydroxyl groups excluding tert-OH is 2. The van der Waals surface area contributed by atoms with Crippen molar-refractivity contribution in [2.75, 3.05) is 0 Å². The highest BCUT2D eigenvalue weighted by atomic mass is 16.3. The summed E-state index contributed by atoms with van der Waals surface area (Å²) in [5.41, 5.74) is 0. The fraction of sp³-hybridized carbons (Fsp3) is 1.00. The molecule has 12 heavy (non-hydrogen) atoms. The molecule has 1 saturated carbocycles. The third-order valence-corrected chi connectivity index (χ3v) is 2.66. The molecule has 1 rings (SSSR count). The molecule has 0 aromatic rings. The largest absolute Gasteiger partial charge is 0.393 e. The van der Waals surface area contributed by atoms with Gasteiger partial charge in [-0.2, -0.15) is 0 Å². The van der Waals surface area contributed by atoms with Crippen molar-refractivity contribution >= 4 is 0 Å². The van der Waals surface area contributed by atoms with Crippen molar-refractivity contribution in [2.45, 2.75) is 63.6 Å². The van der Waals surface area contributed by atoms with Gasteiger partial charge in [0.2, 0.25) is 0 Å². The predicted molar refractivity (Wildman–Crippen MR) is 48.9 cm³/mol. The van der Waals surface area contributed by atoms with Crippen LogP contribution in [0, 0.1) is 0 Å². The van der Waals surface area contributed by atoms with E-state index in [1.54, 1.807) is 0 Å². The topological polar surface area (TPSA) is 40.5 Å². The average Bonchev–Trinajstić information content (AvgIpc) is 2.07. The Kier molecular flexibility index (Phi) is 4.62. The Balaban J connectivity index is 2.23. The Hall–Kier alpha value is -0.0800. The minimum atomic E-state index is -0.169. The summed E-state index contributed by atoms with van der Waals surface area (Å²) in [4.78, 5) is 0. The minimum absolute atomic E-state index is 0.169. The van der Waals surface area contributed by atoms with E-state index >= 15 is 0 Å². The number of hydrogen-bond acceptors (Lipinski definition) is 2. The molecule has 2 heteroatoms. The summed E-state index contributed by atoms with van der Waals surface area (Å²) in [5, 5.41) is 18.9. The lowest BCUT2D eigenvalue weighted by atomic mass is 9.98. The third kappa shape index (κ3) is 4.07. The summed E-state index contributed by atoms with van der Waals surface area (Å²) < 4.78 is 0. The van der Waals surface area contributed by atoms with E-state index in [1.165, 1.54) is 12.8 Å². The van der Waals surface area contributed by atoms with Gasteiger partial charge in [0, 0.05) is 0 Å². The maximum atomic E-state index is 9.44. The van der Waals surface area contributed by atoms with Crippen LogP contribution in [0.25, 0.3) is 0 Å². The molecular formula is C10H20O2. The van der Waals surface area contributed by atoms with Crippen LogP contribution >= 0.6 is 0 Å². The molecule has 0 heterocycles. The second kappa shape index (κ2) is 5.55. The molecule has 1 aliphatic rings. The fourth-order valence-electron chi connectivity index (χ4n) is 1.79. The summed E-state index contributed by atoms with van der Waals surface area (Å²) >= 11 is 0. The molecule has 2 nitrogen and oxygen atoms in total. The van der Waals surface area contributed by atoms with Crippen LogP contribution in [0.4, 0.5) is 0 Å². The molecule has 0 bridgehead atoms. The van der Waals surface area contributed by atoms with Gasteiger partial charge in [-0.1, -0.05) is 25.7 Å². The minimum Gasteiger partial charge on any atom is -0.393 e. The molecule has 2 unspecified atom stereocenters. The van der Waals surface area contributed by atoms with E-state index < -0.39 is 0 Å². The molecule has 2 N–H and O–H groups in total. The molecular weight excluding hydrogens is 152 g/mol. The van der Waals surface area contributed by atoms with Gasteiger partial charge in [-0.3, -0.25) is 0 Å². The number of rotatable bonds is 0. The third-order valence-electron chi connectivity index (χ3n) is 2.66. The smallest absolute Gasteiger partial charge is 0.0541 e. The van der Waals surface area contributed by atoms with Crippen LogP contribution in [0.1, 0.15) is 51.4 Å². The zero-order valence-corrected chi connectivity index (χ0v) is 7.71. The molecule has 0 aromatic heterocycles. The molecule has 0 saturated heterocycles. The van der Waals surface area contributed by atoms with Crippen LogP contribution in [0.3, 0.4) is 0 Å². The maximum absolute atomic E-state index is 9.44. The van der Waals surface area contributed by atoms with E-state index in [0.717, 1.165) is 38.5 Å². The second-order valence-corrected chi connectivity index (χ2v) is 3.88. The van der Waals surface area contributed by atoms with Crippen LogP contribution in [0.15, 0.2) is 0 Å². The van der Waals surface area contributed by atoms with Crippen LogP contribution < -0.4 is 0 Å². The summed E-state index contributed by atoms with van der Waals surface area (Å²) in [6.07, 6.45) is 7.79. The first-order chi connectivity index (χ1) is 5.79. The van der Waals surface area contributed by atoms with Gasteiger partial charge in [-0.25, -0.2) is 0 Å². The van der Waals surface area contributed by atoms with Crippen molar-refractivity contribution in [1.82, 2.24) is 0 Å². The lowest BCUT2D eigenvalue weighted by molar-refractivity contribution is 0.0967. The summed E-state index contributed by atoms with van der Waals surface area (Å²) in [6, 6.07) is 0. The Morgan fingerprint density at radius 1 is 0.583 bits per heavy atom. The fourth-order valence-corrected chi connectivity index (χ4v) is 1.79. The first-order valence-corrected chi connectivity index (χ1v) is 5.15. The average molecular weight is 172 g/mol. The van der Waals surface area contributed by atoms with Crippen molar-refractivity contribution in [3.63, 3.8) is 0 Å². The van der Waals surface area contributed by atoms with Crippen molar-refractivity contribution in [3.8, 4) is 0 Å². The monoisotopic (exact) mass is 172 g/mol. The quantitative estimate of drug-likeness (QED) is 0.585. The highest BCUT2D eigenvalue weighted by Gasteiger charge is 2.10. The molecule has 1 fully saturated rings. The highest BCUT2D eigenvalue weighted by molar-refractivity contribution is 4.64. The van der Waals surface area contributed by atoms with Crippen LogP contribution in [-0.4, -0.2) is 22.4 Å². The Morgan fingerprint density at radius 2 is 1.00 bits per heavy atom. The van der Waals surface area contributed by atoms with Gasteiger partial charge >= 0.3 is 0 Å². The van der Waals surface area contributed by atoms with E-state index in [2.05, 4.69) is 0 Å². The second-order valence-electron chi connectivity index (χ2n) is 3.88. The van der Waals surface area contributed by atoms with Crippen LogP contribution in [0.2, 0.25) is 0 Å². The van der Waals surface area contributed by atoms with Crippen molar-refractivity contribution in [3.05, 3.63) is 0 Å². The van der Waals surface area contributed by atoms with Gasteiger partial charge in [-0.15, -0.1) is 0 Å². The Labute approximate surface area is 74.6 Å².